The van der Waals surface area contributed by atoms with E-state index in [2.05, 4.69) is 15.3 Å². The van der Waals surface area contributed by atoms with Crippen molar-refractivity contribution >= 4 is 40.8 Å². The van der Waals surface area contributed by atoms with Gasteiger partial charge in [-0.3, -0.25) is 9.59 Å². The van der Waals surface area contributed by atoms with E-state index in [1.807, 2.05) is 64.7 Å². The van der Waals surface area contributed by atoms with Gasteiger partial charge in [-0.1, -0.05) is 36.4 Å². The highest BCUT2D eigenvalue weighted by Gasteiger charge is 2.28. The minimum absolute atomic E-state index is 0.0307. The maximum absolute atomic E-state index is 13.6. The smallest absolute Gasteiger partial charge is 0.329 e. The molecule has 2 aromatic carbocycles. The van der Waals surface area contributed by atoms with Gasteiger partial charge in [-0.25, -0.2) is 14.8 Å². The quantitative estimate of drug-likeness (QED) is 0.245. The number of hydrogen-bond donors (Lipinski definition) is 2. The SMILES string of the molecule is CC(C)(C)OC(=O)[C@H](CCC(N)=O)NC(=O)c1ccc(C=C(Cn2ccnc2)c2nccs2)cc1-c1ccccc1. The number of primary amides is 1. The minimum atomic E-state index is -1.04. The third-order valence-corrected chi connectivity index (χ3v) is 6.86. The van der Waals surface area contributed by atoms with E-state index in [9.17, 15) is 14.4 Å². The standard InChI is InChI=1S/C31H33N5O4S/c1-31(2,3)40-30(39)26(11-12-27(32)37)35-28(38)24-10-9-21(18-25(24)22-7-5-4-6-8-22)17-23(29-34-14-16-41-29)19-36-15-13-33-20-36/h4-10,13-18,20,26H,11-12,19H2,1-3H3,(H2,32,37)(H,35,38)/t26-/m0/s1. The molecule has 0 unspecified atom stereocenters. The molecule has 2 amide bonds. The van der Waals surface area contributed by atoms with Gasteiger partial charge in [-0.15, -0.1) is 11.3 Å². The number of aromatic nitrogens is 3. The summed E-state index contributed by atoms with van der Waals surface area (Å²) in [5.41, 5.74) is 8.34. The molecule has 0 aliphatic carbocycles. The zero-order chi connectivity index (χ0) is 29.4. The maximum Gasteiger partial charge on any atom is 0.329 e. The van der Waals surface area contributed by atoms with Crippen LogP contribution in [0.2, 0.25) is 0 Å². The third-order valence-electron chi connectivity index (χ3n) is 6.01. The van der Waals surface area contributed by atoms with Gasteiger partial charge in [0.15, 0.2) is 0 Å². The highest BCUT2D eigenvalue weighted by Crippen LogP contribution is 2.29. The maximum atomic E-state index is 13.6. The summed E-state index contributed by atoms with van der Waals surface area (Å²) in [4.78, 5) is 46.6. The van der Waals surface area contributed by atoms with Gasteiger partial charge < -0.3 is 20.4 Å². The molecule has 0 saturated carbocycles. The minimum Gasteiger partial charge on any atom is -0.458 e. The first-order valence-electron chi connectivity index (χ1n) is 13.2. The molecule has 0 bridgehead atoms. The van der Waals surface area contributed by atoms with Crippen molar-refractivity contribution in [2.45, 2.75) is 51.8 Å². The van der Waals surface area contributed by atoms with E-state index in [0.29, 0.717) is 17.7 Å². The van der Waals surface area contributed by atoms with E-state index in [1.165, 1.54) is 0 Å². The lowest BCUT2D eigenvalue weighted by Gasteiger charge is -2.24. The molecule has 0 fully saturated rings. The van der Waals surface area contributed by atoms with Crippen LogP contribution in [-0.2, 0) is 20.9 Å². The van der Waals surface area contributed by atoms with Crippen LogP contribution < -0.4 is 11.1 Å². The van der Waals surface area contributed by atoms with Crippen molar-refractivity contribution in [2.75, 3.05) is 0 Å². The number of imidazole rings is 1. The Morgan fingerprint density at radius 2 is 1.90 bits per heavy atom. The molecule has 0 aliphatic heterocycles. The van der Waals surface area contributed by atoms with Crippen molar-refractivity contribution in [3.63, 3.8) is 0 Å². The van der Waals surface area contributed by atoms with Gasteiger partial charge in [0.25, 0.3) is 5.91 Å². The fourth-order valence-electron chi connectivity index (χ4n) is 4.19. The van der Waals surface area contributed by atoms with Gasteiger partial charge in [0.2, 0.25) is 5.91 Å². The second-order valence-corrected chi connectivity index (χ2v) is 11.4. The Bertz CT molecular complexity index is 1510. The lowest BCUT2D eigenvalue weighted by molar-refractivity contribution is -0.157. The zero-order valence-electron chi connectivity index (χ0n) is 23.2. The molecule has 212 valence electrons. The summed E-state index contributed by atoms with van der Waals surface area (Å²) in [5.74, 6) is -1.65. The van der Waals surface area contributed by atoms with Crippen LogP contribution >= 0.6 is 11.3 Å². The number of carbonyl (C=O) groups excluding carboxylic acids is 3. The number of hydrogen-bond acceptors (Lipinski definition) is 7. The molecule has 1 atom stereocenters. The molecule has 9 nitrogen and oxygen atoms in total. The lowest BCUT2D eigenvalue weighted by atomic mass is 9.95. The van der Waals surface area contributed by atoms with E-state index in [-0.39, 0.29) is 12.8 Å². The summed E-state index contributed by atoms with van der Waals surface area (Å²) < 4.78 is 7.47. The second kappa shape index (κ2) is 13.2. The van der Waals surface area contributed by atoms with Crippen molar-refractivity contribution < 1.29 is 19.1 Å². The number of carbonyl (C=O) groups is 3. The van der Waals surface area contributed by atoms with Crippen LogP contribution in [0.15, 0.2) is 78.8 Å². The predicted molar refractivity (Wildman–Crippen MR) is 160 cm³/mol. The van der Waals surface area contributed by atoms with Crippen LogP contribution in [0.4, 0.5) is 0 Å². The van der Waals surface area contributed by atoms with E-state index in [4.69, 9.17) is 10.5 Å². The Labute approximate surface area is 243 Å². The molecular weight excluding hydrogens is 538 g/mol. The topological polar surface area (TPSA) is 129 Å². The summed E-state index contributed by atoms with van der Waals surface area (Å²) >= 11 is 1.55. The Hall–Kier alpha value is -4.57. The molecule has 0 spiro atoms. The van der Waals surface area contributed by atoms with Gasteiger partial charge in [-0.05, 0) is 62.1 Å². The number of nitrogens with two attached hydrogens (primary N) is 1. The van der Waals surface area contributed by atoms with Crippen LogP contribution in [0.3, 0.4) is 0 Å². The van der Waals surface area contributed by atoms with E-state index >= 15 is 0 Å². The number of esters is 1. The van der Waals surface area contributed by atoms with Gasteiger partial charge in [0.1, 0.15) is 16.7 Å². The van der Waals surface area contributed by atoms with Crippen LogP contribution in [0, 0.1) is 0 Å². The highest BCUT2D eigenvalue weighted by atomic mass is 32.1. The molecule has 10 heteroatoms. The van der Waals surface area contributed by atoms with E-state index in [0.717, 1.165) is 21.7 Å². The average molecular weight is 572 g/mol. The molecule has 0 saturated heterocycles. The first-order chi connectivity index (χ1) is 19.6. The highest BCUT2D eigenvalue weighted by molar-refractivity contribution is 7.10. The number of rotatable bonds is 11. The third kappa shape index (κ3) is 8.46. The fraction of sp³-hybridized carbons (Fsp3) is 0.258. The number of nitrogens with zero attached hydrogens (tertiary/aromatic N) is 3. The first kappa shape index (κ1) is 29.4. The largest absolute Gasteiger partial charge is 0.458 e. The monoisotopic (exact) mass is 571 g/mol. The number of thiazole rings is 1. The molecule has 0 aliphatic rings. The summed E-state index contributed by atoms with van der Waals surface area (Å²) in [7, 11) is 0. The van der Waals surface area contributed by atoms with Crippen molar-refractivity contribution in [1.29, 1.82) is 0 Å². The van der Waals surface area contributed by atoms with Crippen LogP contribution in [0.5, 0.6) is 0 Å². The molecule has 4 aromatic rings. The first-order valence-corrected chi connectivity index (χ1v) is 14.0. The van der Waals surface area contributed by atoms with Crippen LogP contribution in [0.25, 0.3) is 22.8 Å². The van der Waals surface area contributed by atoms with Gasteiger partial charge >= 0.3 is 5.97 Å². The second-order valence-electron chi connectivity index (χ2n) is 10.5. The van der Waals surface area contributed by atoms with Gasteiger partial charge in [-0.2, -0.15) is 0 Å². The van der Waals surface area contributed by atoms with Crippen LogP contribution in [0.1, 0.15) is 54.5 Å². The molecule has 0 radical (unpaired) electrons. The van der Waals surface area contributed by atoms with Crippen molar-refractivity contribution in [1.82, 2.24) is 19.9 Å². The molecule has 2 aromatic heterocycles. The summed E-state index contributed by atoms with van der Waals surface area (Å²) in [6, 6.07) is 14.0. The number of amides is 2. The normalized spacial score (nSPS) is 12.5. The molecule has 2 heterocycles. The number of allylic oxidation sites excluding steroid dienone is 1. The Morgan fingerprint density at radius 3 is 2.54 bits per heavy atom. The molecule has 4 rings (SSSR count). The Balaban J connectivity index is 1.70. The van der Waals surface area contributed by atoms with E-state index < -0.39 is 29.4 Å². The van der Waals surface area contributed by atoms with E-state index in [1.54, 1.807) is 56.9 Å². The number of nitrogens with one attached hydrogen (secondary N) is 1. The predicted octanol–water partition coefficient (Wildman–Crippen LogP) is 4.95. The van der Waals surface area contributed by atoms with Gasteiger partial charge in [0.05, 0.1) is 12.9 Å². The van der Waals surface area contributed by atoms with Crippen LogP contribution in [-0.4, -0.2) is 44.0 Å². The lowest BCUT2D eigenvalue weighted by Crippen LogP contribution is -2.44. The molecule has 41 heavy (non-hydrogen) atoms. The van der Waals surface area contributed by atoms with Crippen molar-refractivity contribution in [3.05, 3.63) is 95.0 Å². The number of ether oxygens (including phenoxy) is 1. The van der Waals surface area contributed by atoms with Gasteiger partial charge in [0, 0.05) is 41.5 Å². The summed E-state index contributed by atoms with van der Waals surface area (Å²) in [6.07, 6.45) is 9.15. The zero-order valence-corrected chi connectivity index (χ0v) is 24.1. The van der Waals surface area contributed by atoms with Crippen molar-refractivity contribution in [3.8, 4) is 11.1 Å². The fourth-order valence-corrected chi connectivity index (χ4v) is 4.83. The Kier molecular flexibility index (Phi) is 9.46. The summed E-state index contributed by atoms with van der Waals surface area (Å²) in [6.45, 7) is 5.80. The molecular formula is C31H33N5O4S. The number of benzene rings is 2. The average Bonchev–Trinajstić information content (AvgIpc) is 3.65. The molecule has 3 N–H and O–H groups in total. The Morgan fingerprint density at radius 1 is 1.12 bits per heavy atom. The van der Waals surface area contributed by atoms with Crippen molar-refractivity contribution in [2.24, 2.45) is 5.73 Å². The summed E-state index contributed by atoms with van der Waals surface area (Å²) in [5, 5.41) is 5.59.